The lowest BCUT2D eigenvalue weighted by atomic mass is 9.86. The van der Waals surface area contributed by atoms with Gasteiger partial charge in [-0.2, -0.15) is 0 Å². The van der Waals surface area contributed by atoms with E-state index < -0.39 is 5.41 Å². The average molecular weight is 315 g/mol. The number of rotatable bonds is 5. The van der Waals surface area contributed by atoms with Crippen LogP contribution in [0.1, 0.15) is 51.0 Å². The number of carbonyl (C=O) groups is 2. The lowest BCUT2D eigenvalue weighted by Crippen LogP contribution is -2.43. The van der Waals surface area contributed by atoms with Crippen molar-refractivity contribution in [2.45, 2.75) is 56.9 Å². The highest BCUT2D eigenvalue weighted by molar-refractivity contribution is 5.89. The van der Waals surface area contributed by atoms with E-state index in [0.29, 0.717) is 5.92 Å². The van der Waals surface area contributed by atoms with Crippen molar-refractivity contribution in [3.05, 3.63) is 35.9 Å². The summed E-state index contributed by atoms with van der Waals surface area (Å²) in [4.78, 5) is 24.4. The summed E-state index contributed by atoms with van der Waals surface area (Å²) in [6.45, 7) is 2.00. The van der Waals surface area contributed by atoms with Crippen LogP contribution in [0.5, 0.6) is 0 Å². The molecule has 0 saturated heterocycles. The first-order valence-electron chi connectivity index (χ1n) is 8.64. The van der Waals surface area contributed by atoms with E-state index in [1.165, 1.54) is 6.42 Å². The van der Waals surface area contributed by atoms with Crippen LogP contribution in [0.3, 0.4) is 0 Å². The van der Waals surface area contributed by atoms with Crippen LogP contribution in [0.25, 0.3) is 0 Å². The van der Waals surface area contributed by atoms with Crippen LogP contribution in [0.4, 0.5) is 0 Å². The number of carbonyl (C=O) groups excluding carboxylic acids is 2. The van der Waals surface area contributed by atoms with E-state index >= 15 is 0 Å². The Morgan fingerprint density at radius 1 is 1.17 bits per heavy atom. The maximum atomic E-state index is 12.4. The molecule has 2 fully saturated rings. The molecule has 0 heterocycles. The normalized spacial score (nSPS) is 25.4. The number of ether oxygens (including phenoxy) is 1. The van der Waals surface area contributed by atoms with E-state index in [2.05, 4.69) is 12.2 Å². The molecule has 1 amide bonds. The molecule has 2 atom stereocenters. The van der Waals surface area contributed by atoms with E-state index in [1.807, 2.05) is 30.3 Å². The fourth-order valence-electron chi connectivity index (χ4n) is 3.54. The van der Waals surface area contributed by atoms with Crippen molar-refractivity contribution in [3.8, 4) is 0 Å². The van der Waals surface area contributed by atoms with Gasteiger partial charge in [0.25, 0.3) is 5.91 Å². The van der Waals surface area contributed by atoms with E-state index in [0.717, 1.165) is 37.7 Å². The second-order valence-electron chi connectivity index (χ2n) is 6.96. The summed E-state index contributed by atoms with van der Waals surface area (Å²) in [5.41, 5.74) is 0.478. The fraction of sp³-hybridized carbons (Fsp3) is 0.579. The Labute approximate surface area is 137 Å². The molecule has 0 bridgehead atoms. The van der Waals surface area contributed by atoms with Crippen molar-refractivity contribution in [1.82, 2.24) is 5.32 Å². The lowest BCUT2D eigenvalue weighted by Gasteiger charge is -2.29. The van der Waals surface area contributed by atoms with Crippen molar-refractivity contribution in [3.63, 3.8) is 0 Å². The zero-order valence-corrected chi connectivity index (χ0v) is 13.7. The fourth-order valence-corrected chi connectivity index (χ4v) is 3.54. The molecule has 124 valence electrons. The molecule has 0 radical (unpaired) electrons. The minimum Gasteiger partial charge on any atom is -0.455 e. The van der Waals surface area contributed by atoms with Crippen LogP contribution in [0.2, 0.25) is 0 Å². The Kier molecular flexibility index (Phi) is 4.69. The van der Waals surface area contributed by atoms with Gasteiger partial charge >= 0.3 is 5.97 Å². The highest BCUT2D eigenvalue weighted by atomic mass is 16.5. The molecule has 1 N–H and O–H groups in total. The third-order valence-corrected chi connectivity index (χ3v) is 5.26. The first-order chi connectivity index (χ1) is 11.1. The molecule has 3 rings (SSSR count). The molecular weight excluding hydrogens is 290 g/mol. The largest absolute Gasteiger partial charge is 0.455 e. The molecule has 4 nitrogen and oxygen atoms in total. The predicted molar refractivity (Wildman–Crippen MR) is 87.9 cm³/mol. The first-order valence-corrected chi connectivity index (χ1v) is 8.64. The Morgan fingerprint density at radius 3 is 2.52 bits per heavy atom. The molecule has 0 aromatic heterocycles. The van der Waals surface area contributed by atoms with Gasteiger partial charge in [-0.1, -0.05) is 50.1 Å². The summed E-state index contributed by atoms with van der Waals surface area (Å²) in [6.07, 6.45) is 6.18. The van der Waals surface area contributed by atoms with Crippen molar-refractivity contribution in [1.29, 1.82) is 0 Å². The van der Waals surface area contributed by atoms with Crippen LogP contribution >= 0.6 is 0 Å². The molecule has 2 saturated carbocycles. The Bertz CT molecular complexity index is 565. The maximum Gasteiger partial charge on any atom is 0.317 e. The zero-order chi connectivity index (χ0) is 16.3. The van der Waals surface area contributed by atoms with Gasteiger partial charge in [-0.3, -0.25) is 9.59 Å². The number of nitrogens with one attached hydrogen (secondary N) is 1. The van der Waals surface area contributed by atoms with E-state index in [4.69, 9.17) is 4.74 Å². The quantitative estimate of drug-likeness (QED) is 0.850. The number of hydrogen-bond donors (Lipinski definition) is 1. The van der Waals surface area contributed by atoms with Crippen molar-refractivity contribution >= 4 is 11.9 Å². The van der Waals surface area contributed by atoms with E-state index in [1.54, 1.807) is 0 Å². The van der Waals surface area contributed by atoms with Gasteiger partial charge in [0.15, 0.2) is 6.61 Å². The minimum absolute atomic E-state index is 0.170. The van der Waals surface area contributed by atoms with Crippen LogP contribution in [-0.2, 0) is 19.7 Å². The summed E-state index contributed by atoms with van der Waals surface area (Å²) in [7, 11) is 0. The van der Waals surface area contributed by atoms with Gasteiger partial charge < -0.3 is 10.1 Å². The average Bonchev–Trinajstić information content (AvgIpc) is 3.37. The van der Waals surface area contributed by atoms with Gasteiger partial charge in [0.1, 0.15) is 0 Å². The molecule has 0 spiro atoms. The first kappa shape index (κ1) is 16.0. The van der Waals surface area contributed by atoms with Gasteiger partial charge in [-0.05, 0) is 37.2 Å². The lowest BCUT2D eigenvalue weighted by molar-refractivity contribution is -0.151. The minimum atomic E-state index is -0.514. The third kappa shape index (κ3) is 3.57. The van der Waals surface area contributed by atoms with Crippen LogP contribution in [0.15, 0.2) is 30.3 Å². The highest BCUT2D eigenvalue weighted by Gasteiger charge is 2.52. The molecular formula is C19H25NO3. The van der Waals surface area contributed by atoms with Gasteiger partial charge in [0.2, 0.25) is 0 Å². The molecule has 0 unspecified atom stereocenters. The monoisotopic (exact) mass is 315 g/mol. The molecule has 23 heavy (non-hydrogen) atoms. The maximum absolute atomic E-state index is 12.4. The Balaban J connectivity index is 1.50. The molecule has 1 aromatic carbocycles. The van der Waals surface area contributed by atoms with Crippen LogP contribution in [0, 0.1) is 5.92 Å². The summed E-state index contributed by atoms with van der Waals surface area (Å²) in [5, 5.41) is 3.02. The Hall–Kier alpha value is -1.84. The molecule has 0 aliphatic heterocycles. The summed E-state index contributed by atoms with van der Waals surface area (Å²) in [5.74, 6) is 0.0546. The molecule has 2 aliphatic rings. The van der Waals surface area contributed by atoms with Gasteiger partial charge in [0.05, 0.1) is 5.41 Å². The summed E-state index contributed by atoms with van der Waals surface area (Å²) in [6, 6.07) is 9.93. The highest BCUT2D eigenvalue weighted by Crippen LogP contribution is 2.49. The van der Waals surface area contributed by atoms with Gasteiger partial charge in [-0.15, -0.1) is 0 Å². The summed E-state index contributed by atoms with van der Waals surface area (Å²) < 4.78 is 5.31. The molecule has 1 aromatic rings. The smallest absolute Gasteiger partial charge is 0.317 e. The molecule has 2 aliphatic carbocycles. The number of amides is 1. The van der Waals surface area contributed by atoms with E-state index in [9.17, 15) is 9.59 Å². The van der Waals surface area contributed by atoms with Crippen molar-refractivity contribution in [2.75, 3.05) is 6.61 Å². The number of esters is 1. The second-order valence-corrected chi connectivity index (χ2v) is 6.96. The number of benzene rings is 1. The SMILES string of the molecule is C[C@H]1CCCC[C@@H]1NC(=O)COC(=O)C1(c2ccccc2)CC1. The van der Waals surface area contributed by atoms with Gasteiger partial charge in [0, 0.05) is 6.04 Å². The summed E-state index contributed by atoms with van der Waals surface area (Å²) >= 11 is 0. The van der Waals surface area contributed by atoms with Crippen molar-refractivity contribution in [2.24, 2.45) is 5.92 Å². The topological polar surface area (TPSA) is 55.4 Å². The Morgan fingerprint density at radius 2 is 1.87 bits per heavy atom. The predicted octanol–water partition coefficient (Wildman–Crippen LogP) is 2.96. The number of hydrogen-bond acceptors (Lipinski definition) is 3. The third-order valence-electron chi connectivity index (χ3n) is 5.26. The second kappa shape index (κ2) is 6.73. The standard InChI is InChI=1S/C19H25NO3/c1-14-7-5-6-10-16(14)20-17(21)13-23-18(22)19(11-12-19)15-8-3-2-4-9-15/h2-4,8-9,14,16H,5-7,10-13H2,1H3,(H,20,21)/t14-,16-/m0/s1. The van der Waals surface area contributed by atoms with Gasteiger partial charge in [-0.25, -0.2) is 0 Å². The van der Waals surface area contributed by atoms with Crippen molar-refractivity contribution < 1.29 is 14.3 Å². The van der Waals surface area contributed by atoms with E-state index in [-0.39, 0.29) is 24.5 Å². The zero-order valence-electron chi connectivity index (χ0n) is 13.7. The molecule has 4 heteroatoms. The van der Waals surface area contributed by atoms with Crippen LogP contribution in [-0.4, -0.2) is 24.5 Å². The van der Waals surface area contributed by atoms with Crippen LogP contribution < -0.4 is 5.32 Å².